The van der Waals surface area contributed by atoms with Crippen LogP contribution in [-0.4, -0.2) is 26.4 Å². The summed E-state index contributed by atoms with van der Waals surface area (Å²) in [5.74, 6) is -0.497. The van der Waals surface area contributed by atoms with Gasteiger partial charge in [-0.05, 0) is 42.5 Å². The molecule has 0 spiro atoms. The highest BCUT2D eigenvalue weighted by atomic mass is 16.4. The minimum Gasteiger partial charge on any atom is -0.508 e. The number of nitrogens with one attached hydrogen (secondary N) is 1. The predicted molar refractivity (Wildman–Crippen MR) is 78.6 cm³/mol. The number of aromatic amines is 1. The number of hydrogen-bond donors (Lipinski definition) is 3. The Labute approximate surface area is 122 Å². The molecule has 1 aromatic heterocycles. The molecule has 0 saturated heterocycles. The number of H-pyrrole nitrogens is 1. The molecule has 0 aliphatic heterocycles. The van der Waals surface area contributed by atoms with E-state index in [4.69, 9.17) is 0 Å². The minimum atomic E-state index is -0.972. The maximum absolute atomic E-state index is 11.3. The molecule has 1 atom stereocenters. The highest BCUT2D eigenvalue weighted by Gasteiger charge is 2.30. The summed E-state index contributed by atoms with van der Waals surface area (Å²) in [6.07, 6.45) is 3.81. The Morgan fingerprint density at radius 3 is 3.00 bits per heavy atom. The first-order chi connectivity index (χ1) is 10.1. The monoisotopic (exact) mass is 286 g/mol. The first-order valence-corrected chi connectivity index (χ1v) is 7.25. The number of phenols is 1. The van der Waals surface area contributed by atoms with Crippen LogP contribution in [0.1, 0.15) is 53.7 Å². The first kappa shape index (κ1) is 13.7. The molecule has 21 heavy (non-hydrogen) atoms. The van der Waals surface area contributed by atoms with Crippen LogP contribution in [0.15, 0.2) is 18.2 Å². The standard InChI is InChI=1S/C16H18N2O3/c1-2-3-4-9-7-13-14(17-18-15(13)16(20)21)11-6-5-10(19)8-12(9)11/h5-6,8-9,19H,2-4,7H2,1H3,(H,17,18)(H,20,21). The van der Waals surface area contributed by atoms with Gasteiger partial charge in [-0.3, -0.25) is 5.10 Å². The highest BCUT2D eigenvalue weighted by Crippen LogP contribution is 2.43. The van der Waals surface area contributed by atoms with Crippen LogP contribution in [0.3, 0.4) is 0 Å². The van der Waals surface area contributed by atoms with Gasteiger partial charge in [0.25, 0.3) is 0 Å². The summed E-state index contributed by atoms with van der Waals surface area (Å²) in [4.78, 5) is 11.3. The number of benzene rings is 1. The SMILES string of the molecule is CCCCC1Cc2c(n[nH]c2C(=O)O)-c2ccc(O)cc21. The summed E-state index contributed by atoms with van der Waals surface area (Å²) in [6, 6.07) is 5.24. The van der Waals surface area contributed by atoms with Gasteiger partial charge < -0.3 is 10.2 Å². The van der Waals surface area contributed by atoms with Crippen molar-refractivity contribution < 1.29 is 15.0 Å². The molecule has 0 radical (unpaired) electrons. The van der Waals surface area contributed by atoms with E-state index in [9.17, 15) is 15.0 Å². The van der Waals surface area contributed by atoms with Gasteiger partial charge in [-0.15, -0.1) is 0 Å². The van der Waals surface area contributed by atoms with Gasteiger partial charge in [0, 0.05) is 11.1 Å². The Bertz CT molecular complexity index is 691. The fourth-order valence-electron chi connectivity index (χ4n) is 3.13. The summed E-state index contributed by atoms with van der Waals surface area (Å²) in [5.41, 5.74) is 3.67. The number of aromatic hydroxyl groups is 1. The second-order valence-corrected chi connectivity index (χ2v) is 5.55. The summed E-state index contributed by atoms with van der Waals surface area (Å²) < 4.78 is 0. The van der Waals surface area contributed by atoms with Crippen LogP contribution in [0.25, 0.3) is 11.3 Å². The van der Waals surface area contributed by atoms with Crippen molar-refractivity contribution in [2.45, 2.75) is 38.5 Å². The van der Waals surface area contributed by atoms with Crippen LogP contribution < -0.4 is 0 Å². The third-order valence-corrected chi connectivity index (χ3v) is 4.17. The van der Waals surface area contributed by atoms with E-state index in [1.807, 2.05) is 6.07 Å². The van der Waals surface area contributed by atoms with Crippen LogP contribution in [0.2, 0.25) is 0 Å². The van der Waals surface area contributed by atoms with E-state index in [-0.39, 0.29) is 17.4 Å². The molecule has 1 aromatic carbocycles. The van der Waals surface area contributed by atoms with Crippen LogP contribution >= 0.6 is 0 Å². The molecule has 1 aliphatic carbocycles. The molecule has 1 aliphatic rings. The van der Waals surface area contributed by atoms with Crippen molar-refractivity contribution in [2.75, 3.05) is 0 Å². The van der Waals surface area contributed by atoms with Gasteiger partial charge in [0.15, 0.2) is 0 Å². The highest BCUT2D eigenvalue weighted by molar-refractivity contribution is 5.90. The maximum atomic E-state index is 11.3. The Hall–Kier alpha value is -2.30. The van der Waals surface area contributed by atoms with Crippen molar-refractivity contribution in [1.29, 1.82) is 0 Å². The fraction of sp³-hybridized carbons (Fsp3) is 0.375. The van der Waals surface area contributed by atoms with Crippen molar-refractivity contribution in [1.82, 2.24) is 10.2 Å². The van der Waals surface area contributed by atoms with Crippen molar-refractivity contribution >= 4 is 5.97 Å². The van der Waals surface area contributed by atoms with E-state index in [1.54, 1.807) is 12.1 Å². The molecule has 3 N–H and O–H groups in total. The molecule has 0 saturated carbocycles. The second kappa shape index (κ2) is 5.24. The Balaban J connectivity index is 2.12. The van der Waals surface area contributed by atoms with E-state index < -0.39 is 5.97 Å². The number of carbonyl (C=O) groups is 1. The topological polar surface area (TPSA) is 86.2 Å². The normalized spacial score (nSPS) is 16.3. The van der Waals surface area contributed by atoms with Crippen LogP contribution in [0.4, 0.5) is 0 Å². The van der Waals surface area contributed by atoms with Crippen molar-refractivity contribution in [3.05, 3.63) is 35.0 Å². The zero-order valence-corrected chi connectivity index (χ0v) is 11.9. The molecule has 5 heteroatoms. The van der Waals surface area contributed by atoms with Crippen molar-refractivity contribution in [3.63, 3.8) is 0 Å². The molecule has 0 amide bonds. The zero-order valence-electron chi connectivity index (χ0n) is 11.9. The molecular formula is C16H18N2O3. The van der Waals surface area contributed by atoms with Gasteiger partial charge in [-0.2, -0.15) is 5.10 Å². The molecular weight excluding hydrogens is 268 g/mol. The van der Waals surface area contributed by atoms with Gasteiger partial charge in [-0.1, -0.05) is 19.8 Å². The lowest BCUT2D eigenvalue weighted by Gasteiger charge is -2.25. The number of aromatic carboxylic acids is 1. The molecule has 3 rings (SSSR count). The van der Waals surface area contributed by atoms with E-state index in [0.717, 1.165) is 36.0 Å². The fourth-order valence-corrected chi connectivity index (χ4v) is 3.13. The van der Waals surface area contributed by atoms with Gasteiger partial charge in [0.05, 0.1) is 5.69 Å². The number of carboxylic acids is 1. The summed E-state index contributed by atoms with van der Waals surface area (Å²) in [7, 11) is 0. The third kappa shape index (κ3) is 2.28. The average molecular weight is 286 g/mol. The number of phenolic OH excluding ortho intramolecular Hbond substituents is 1. The first-order valence-electron chi connectivity index (χ1n) is 7.25. The molecule has 2 aromatic rings. The maximum Gasteiger partial charge on any atom is 0.354 e. The predicted octanol–water partition coefficient (Wildman–Crippen LogP) is 3.31. The number of nitrogens with zero attached hydrogens (tertiary/aromatic N) is 1. The smallest absolute Gasteiger partial charge is 0.354 e. The summed E-state index contributed by atoms with van der Waals surface area (Å²) >= 11 is 0. The van der Waals surface area contributed by atoms with Crippen molar-refractivity contribution in [2.24, 2.45) is 0 Å². The molecule has 0 fully saturated rings. The lowest BCUT2D eigenvalue weighted by Crippen LogP contribution is -2.13. The van der Waals surface area contributed by atoms with E-state index in [2.05, 4.69) is 17.1 Å². The number of unbranched alkanes of at least 4 members (excludes halogenated alkanes) is 1. The number of aromatic nitrogens is 2. The van der Waals surface area contributed by atoms with Crippen LogP contribution in [0.5, 0.6) is 5.75 Å². The van der Waals surface area contributed by atoms with Gasteiger partial charge in [0.1, 0.15) is 11.4 Å². The minimum absolute atomic E-state index is 0.185. The molecule has 0 bridgehead atoms. The van der Waals surface area contributed by atoms with E-state index in [1.165, 1.54) is 0 Å². The molecule has 1 unspecified atom stereocenters. The quantitative estimate of drug-likeness (QED) is 0.804. The van der Waals surface area contributed by atoms with Crippen molar-refractivity contribution in [3.8, 4) is 17.0 Å². The molecule has 1 heterocycles. The Kier molecular flexibility index (Phi) is 3.41. The third-order valence-electron chi connectivity index (χ3n) is 4.17. The van der Waals surface area contributed by atoms with E-state index in [0.29, 0.717) is 12.1 Å². The average Bonchev–Trinajstić information content (AvgIpc) is 2.88. The Morgan fingerprint density at radius 1 is 1.48 bits per heavy atom. The molecule has 5 nitrogen and oxygen atoms in total. The molecule has 110 valence electrons. The number of rotatable bonds is 4. The van der Waals surface area contributed by atoms with E-state index >= 15 is 0 Å². The Morgan fingerprint density at radius 2 is 2.29 bits per heavy atom. The lowest BCUT2D eigenvalue weighted by molar-refractivity contribution is 0.0689. The van der Waals surface area contributed by atoms with Crippen LogP contribution in [-0.2, 0) is 6.42 Å². The lowest BCUT2D eigenvalue weighted by atomic mass is 9.78. The number of hydrogen-bond acceptors (Lipinski definition) is 3. The number of carboxylic acid groups (broad SMARTS) is 1. The zero-order chi connectivity index (χ0) is 15.0. The van der Waals surface area contributed by atoms with Crippen LogP contribution in [0, 0.1) is 0 Å². The second-order valence-electron chi connectivity index (χ2n) is 5.55. The van der Waals surface area contributed by atoms with Gasteiger partial charge >= 0.3 is 5.97 Å². The van der Waals surface area contributed by atoms with Gasteiger partial charge in [0.2, 0.25) is 0 Å². The summed E-state index contributed by atoms with van der Waals surface area (Å²) in [6.45, 7) is 2.14. The largest absolute Gasteiger partial charge is 0.508 e. The number of fused-ring (bicyclic) bond motifs is 3. The summed E-state index contributed by atoms with van der Waals surface area (Å²) in [5, 5.41) is 25.8. The van der Waals surface area contributed by atoms with Gasteiger partial charge in [-0.25, -0.2) is 4.79 Å².